The van der Waals surface area contributed by atoms with Crippen molar-refractivity contribution in [2.75, 3.05) is 6.54 Å². The molecule has 0 bridgehead atoms. The fourth-order valence-electron chi connectivity index (χ4n) is 1.18. The van der Waals surface area contributed by atoms with E-state index in [4.69, 9.17) is 33.8 Å². The van der Waals surface area contributed by atoms with Crippen LogP contribution in [0.2, 0.25) is 0 Å². The van der Waals surface area contributed by atoms with Crippen molar-refractivity contribution in [3.63, 3.8) is 0 Å². The largest absolute Gasteiger partial charge is 0.477 e. The van der Waals surface area contributed by atoms with E-state index in [2.05, 4.69) is 0 Å². The maximum Gasteiger partial charge on any atom is 0.368 e. The van der Waals surface area contributed by atoms with Crippen molar-refractivity contribution >= 4 is 29.5 Å². The van der Waals surface area contributed by atoms with Crippen LogP contribution in [0, 0.1) is 0 Å². The highest BCUT2D eigenvalue weighted by molar-refractivity contribution is 6.24. The van der Waals surface area contributed by atoms with Crippen LogP contribution in [0.3, 0.4) is 0 Å². The smallest absolute Gasteiger partial charge is 0.368 e. The molecule has 1 saturated heterocycles. The number of carboxylic acid groups (broad SMARTS) is 1. The minimum Gasteiger partial charge on any atom is -0.477 e. The van der Waals surface area contributed by atoms with Crippen molar-refractivity contribution in [3.8, 4) is 0 Å². The number of halogens is 2. The Morgan fingerprint density at radius 2 is 2.09 bits per heavy atom. The maximum absolute atomic E-state index is 10.5. The molecule has 0 aromatic rings. The minimum atomic E-state index is -1.17. The van der Waals surface area contributed by atoms with Crippen LogP contribution in [-0.4, -0.2) is 38.4 Å². The van der Waals surface area contributed by atoms with Gasteiger partial charge in [0.1, 0.15) is 12.6 Å². The lowest BCUT2D eigenvalue weighted by molar-refractivity contribution is -0.697. The molecule has 0 amide bonds. The average molecular weight is 201 g/mol. The fraction of sp³-hybridized carbons (Fsp3) is 0.800. The Morgan fingerprint density at radius 1 is 1.55 bits per heavy atom. The van der Waals surface area contributed by atoms with E-state index in [1.165, 1.54) is 0 Å². The van der Waals surface area contributed by atoms with Gasteiger partial charge in [-0.2, -0.15) is 0 Å². The van der Waals surface area contributed by atoms with Crippen molar-refractivity contribution in [2.24, 2.45) is 0 Å². The molecule has 1 unspecified atom stereocenters. The third-order valence-electron chi connectivity index (χ3n) is 1.75. The molecule has 6 heteroatoms. The number of hydrogen-bond donors (Lipinski definition) is 2. The summed E-state index contributed by atoms with van der Waals surface area (Å²) in [5, 5.41) is 17.7. The van der Waals surface area contributed by atoms with Gasteiger partial charge in [0.2, 0.25) is 6.04 Å². The van der Waals surface area contributed by atoms with Crippen LogP contribution in [0.5, 0.6) is 0 Å². The van der Waals surface area contributed by atoms with Gasteiger partial charge in [-0.25, -0.2) is 4.79 Å². The molecule has 0 aromatic carbocycles. The number of quaternary nitrogens is 1. The molecule has 1 aliphatic rings. The quantitative estimate of drug-likeness (QED) is 0.601. The summed E-state index contributed by atoms with van der Waals surface area (Å²) in [6.07, 6.45) is -0.619. The first-order valence-electron chi connectivity index (χ1n) is 3.13. The molecular formula is C5H8Cl2NO3+. The maximum atomic E-state index is 10.5. The Labute approximate surface area is 73.7 Å². The summed E-state index contributed by atoms with van der Waals surface area (Å²) in [5.41, 5.74) is 0. The van der Waals surface area contributed by atoms with Gasteiger partial charge < -0.3 is 10.2 Å². The van der Waals surface area contributed by atoms with Crippen molar-refractivity contribution in [1.29, 1.82) is 0 Å². The summed E-state index contributed by atoms with van der Waals surface area (Å²) < 4.78 is -0.670. The lowest BCUT2D eigenvalue weighted by Crippen LogP contribution is -2.44. The average Bonchev–Trinajstić information content (AvgIpc) is 2.06. The van der Waals surface area contributed by atoms with E-state index >= 15 is 0 Å². The number of carbonyl (C=O) groups is 1. The summed E-state index contributed by atoms with van der Waals surface area (Å²) >= 11 is 11.2. The van der Waals surface area contributed by atoms with Gasteiger partial charge >= 0.3 is 5.97 Å². The fourth-order valence-corrected chi connectivity index (χ4v) is 1.80. The zero-order valence-electron chi connectivity index (χ0n) is 5.57. The summed E-state index contributed by atoms with van der Waals surface area (Å²) in [7, 11) is 0. The molecule has 4 nitrogen and oxygen atoms in total. The first kappa shape index (κ1) is 9.06. The minimum absolute atomic E-state index is 0.265. The molecule has 1 aliphatic heterocycles. The Bertz CT molecular complexity index is 185. The van der Waals surface area contributed by atoms with Gasteiger partial charge in [-0.15, -0.1) is 3.52 Å². The molecule has 0 spiro atoms. The first-order valence-corrected chi connectivity index (χ1v) is 3.80. The van der Waals surface area contributed by atoms with Crippen LogP contribution in [0.25, 0.3) is 0 Å². The summed E-state index contributed by atoms with van der Waals surface area (Å²) in [4.78, 5) is 10.5. The zero-order valence-corrected chi connectivity index (χ0v) is 7.09. The van der Waals surface area contributed by atoms with Crippen molar-refractivity contribution in [3.05, 3.63) is 0 Å². The highest BCUT2D eigenvalue weighted by Gasteiger charge is 2.52. The van der Waals surface area contributed by atoms with Crippen molar-refractivity contribution in [1.82, 2.24) is 0 Å². The molecule has 1 rings (SSSR count). The molecule has 2 N–H and O–H groups in total. The van der Waals surface area contributed by atoms with Gasteiger partial charge in [-0.3, -0.25) is 0 Å². The third-order valence-corrected chi connectivity index (χ3v) is 2.51. The Kier molecular flexibility index (Phi) is 2.29. The molecule has 0 radical (unpaired) electrons. The zero-order chi connectivity index (χ0) is 8.65. The second-order valence-corrected chi connectivity index (χ2v) is 3.92. The topological polar surface area (TPSA) is 57.5 Å². The van der Waals surface area contributed by atoms with Crippen molar-refractivity contribution in [2.45, 2.75) is 18.6 Å². The monoisotopic (exact) mass is 200 g/mol. The summed E-state index contributed by atoms with van der Waals surface area (Å²) in [6, 6.07) is -1.11. The van der Waals surface area contributed by atoms with E-state index in [9.17, 15) is 4.79 Å². The highest BCUT2D eigenvalue weighted by Crippen LogP contribution is 2.33. The summed E-state index contributed by atoms with van der Waals surface area (Å²) in [6.45, 7) is 0.265. The van der Waals surface area contributed by atoms with Crippen LogP contribution >= 0.6 is 23.6 Å². The molecule has 2 atom stereocenters. The number of aliphatic hydroxyl groups is 1. The molecule has 0 aromatic heterocycles. The molecular weight excluding hydrogens is 193 g/mol. The second kappa shape index (κ2) is 2.79. The molecule has 11 heavy (non-hydrogen) atoms. The summed E-state index contributed by atoms with van der Waals surface area (Å²) in [5.74, 6) is -1.17. The number of rotatable bonds is 1. The number of carboxylic acids is 1. The van der Waals surface area contributed by atoms with E-state index in [-0.39, 0.29) is 6.54 Å². The SMILES string of the molecule is O=C(O)[C@@H]1C(O)CC[N+]1(Cl)Cl. The standard InChI is InChI=1S/C5H7Cl2NO3/c6-8(7)2-1-3(9)4(8)5(10)11/h3-4,9H,1-2H2/p+1/t3?,4-/m0/s1. The van der Waals surface area contributed by atoms with E-state index in [1.807, 2.05) is 0 Å². The normalized spacial score (nSPS) is 35.5. The Morgan fingerprint density at radius 3 is 2.27 bits per heavy atom. The van der Waals surface area contributed by atoms with E-state index in [0.717, 1.165) is 0 Å². The predicted octanol–water partition coefficient (Wildman–Crippen LogP) is 0.329. The van der Waals surface area contributed by atoms with Gasteiger partial charge in [0.15, 0.2) is 23.6 Å². The van der Waals surface area contributed by atoms with E-state index in [0.29, 0.717) is 6.42 Å². The van der Waals surface area contributed by atoms with E-state index in [1.54, 1.807) is 0 Å². The van der Waals surface area contributed by atoms with Gasteiger partial charge in [0.25, 0.3) is 0 Å². The second-order valence-electron chi connectivity index (χ2n) is 2.54. The van der Waals surface area contributed by atoms with Gasteiger partial charge in [-0.05, 0) is 0 Å². The molecule has 1 fully saturated rings. The van der Waals surface area contributed by atoms with E-state index < -0.39 is 21.6 Å². The number of aliphatic carboxylic acids is 1. The van der Waals surface area contributed by atoms with Gasteiger partial charge in [-0.1, -0.05) is 0 Å². The van der Waals surface area contributed by atoms with Crippen molar-refractivity contribution < 1.29 is 18.5 Å². The lowest BCUT2D eigenvalue weighted by Gasteiger charge is -2.18. The van der Waals surface area contributed by atoms with Crippen LogP contribution in [0.1, 0.15) is 6.42 Å². The third kappa shape index (κ3) is 1.59. The van der Waals surface area contributed by atoms with Crippen LogP contribution in [0.15, 0.2) is 0 Å². The molecule has 0 saturated carbocycles. The molecule has 1 heterocycles. The first-order chi connectivity index (χ1) is 4.95. The number of aliphatic hydroxyl groups excluding tert-OH is 1. The molecule has 64 valence electrons. The lowest BCUT2D eigenvalue weighted by atomic mass is 10.2. The number of nitrogens with zero attached hydrogens (tertiary/aromatic N) is 1. The Hall–Kier alpha value is -0.0300. The number of hydrogen-bond acceptors (Lipinski definition) is 2. The van der Waals surface area contributed by atoms with Gasteiger partial charge in [0.05, 0.1) is 0 Å². The predicted molar refractivity (Wildman–Crippen MR) is 38.9 cm³/mol. The van der Waals surface area contributed by atoms with Crippen LogP contribution < -0.4 is 0 Å². The molecule has 0 aliphatic carbocycles. The van der Waals surface area contributed by atoms with Crippen LogP contribution in [0.4, 0.5) is 0 Å². The van der Waals surface area contributed by atoms with Crippen LogP contribution in [-0.2, 0) is 4.79 Å². The Balaban J connectivity index is 2.80. The van der Waals surface area contributed by atoms with Gasteiger partial charge in [0, 0.05) is 6.42 Å². The highest BCUT2D eigenvalue weighted by atomic mass is 35.5.